The van der Waals surface area contributed by atoms with Crippen LogP contribution in [0, 0.1) is 5.41 Å². The Bertz CT molecular complexity index is 215. The summed E-state index contributed by atoms with van der Waals surface area (Å²) in [7, 11) is 3.83. The maximum absolute atomic E-state index is 7.12. The zero-order valence-corrected chi connectivity index (χ0v) is 8.25. The average molecular weight is 183 g/mol. The first kappa shape index (κ1) is 9.83. The van der Waals surface area contributed by atoms with Crippen molar-refractivity contribution in [2.24, 2.45) is 10.7 Å². The number of guanidine groups is 2. The minimum Gasteiger partial charge on any atom is -0.368 e. The fourth-order valence-electron chi connectivity index (χ4n) is 1.48. The Hall–Kier alpha value is -1.26. The molecule has 0 bridgehead atoms. The highest BCUT2D eigenvalue weighted by Gasteiger charge is 2.17. The molecule has 1 aliphatic rings. The maximum Gasteiger partial charge on any atom is 0.215 e. The van der Waals surface area contributed by atoms with E-state index in [2.05, 4.69) is 9.89 Å². The van der Waals surface area contributed by atoms with Crippen LogP contribution in [0.5, 0.6) is 0 Å². The van der Waals surface area contributed by atoms with Crippen LogP contribution in [-0.2, 0) is 0 Å². The van der Waals surface area contributed by atoms with Gasteiger partial charge in [-0.2, -0.15) is 4.99 Å². The highest BCUT2D eigenvalue weighted by Crippen LogP contribution is 2.09. The van der Waals surface area contributed by atoms with Crippen LogP contribution in [0.1, 0.15) is 12.8 Å². The molecule has 0 atom stereocenters. The molecule has 0 spiro atoms. The third kappa shape index (κ3) is 2.61. The summed E-state index contributed by atoms with van der Waals surface area (Å²) < 4.78 is 0. The number of aliphatic imine (C=N–C) groups is 1. The number of hydrogen-bond acceptors (Lipinski definition) is 1. The molecule has 1 aliphatic heterocycles. The first-order chi connectivity index (χ1) is 6.11. The van der Waals surface area contributed by atoms with Crippen molar-refractivity contribution in [1.82, 2.24) is 9.80 Å². The van der Waals surface area contributed by atoms with Gasteiger partial charge < -0.3 is 15.5 Å². The van der Waals surface area contributed by atoms with Crippen LogP contribution in [0.3, 0.4) is 0 Å². The molecule has 1 heterocycles. The highest BCUT2D eigenvalue weighted by molar-refractivity contribution is 5.92. The summed E-state index contributed by atoms with van der Waals surface area (Å²) in [5.41, 5.74) is 5.24. The number of hydrogen-bond donors (Lipinski definition) is 2. The van der Waals surface area contributed by atoms with E-state index in [4.69, 9.17) is 11.1 Å². The zero-order chi connectivity index (χ0) is 9.84. The molecule has 5 nitrogen and oxygen atoms in total. The van der Waals surface area contributed by atoms with Gasteiger partial charge in [0.15, 0.2) is 0 Å². The molecule has 74 valence electrons. The maximum atomic E-state index is 7.12. The predicted octanol–water partition coefficient (Wildman–Crippen LogP) is -0.107. The Morgan fingerprint density at radius 3 is 2.31 bits per heavy atom. The van der Waals surface area contributed by atoms with Crippen LogP contribution in [0.25, 0.3) is 0 Å². The normalized spacial score (nSPS) is 17.7. The van der Waals surface area contributed by atoms with Gasteiger partial charge in [0.1, 0.15) is 0 Å². The molecular formula is C8H17N5. The van der Waals surface area contributed by atoms with Crippen molar-refractivity contribution in [3.05, 3.63) is 0 Å². The first-order valence-corrected chi connectivity index (χ1v) is 4.46. The van der Waals surface area contributed by atoms with Crippen LogP contribution >= 0.6 is 0 Å². The second-order valence-electron chi connectivity index (χ2n) is 3.39. The number of nitrogens with one attached hydrogen (secondary N) is 1. The van der Waals surface area contributed by atoms with Gasteiger partial charge in [0.05, 0.1) is 0 Å². The summed E-state index contributed by atoms with van der Waals surface area (Å²) in [4.78, 5) is 8.04. The second kappa shape index (κ2) is 4.11. The van der Waals surface area contributed by atoms with Gasteiger partial charge in [0, 0.05) is 27.2 Å². The summed E-state index contributed by atoms with van der Waals surface area (Å²) in [6.45, 7) is 2.04. The molecular weight excluding hydrogens is 166 g/mol. The number of nitrogens with two attached hydrogens (primary N) is 1. The average Bonchev–Trinajstić information content (AvgIpc) is 2.50. The molecule has 0 aromatic rings. The molecule has 0 unspecified atom stereocenters. The van der Waals surface area contributed by atoms with Crippen molar-refractivity contribution < 1.29 is 0 Å². The highest BCUT2D eigenvalue weighted by atomic mass is 15.4. The van der Waals surface area contributed by atoms with Crippen LogP contribution in [-0.4, -0.2) is 48.9 Å². The number of nitrogens with zero attached hydrogens (tertiary/aromatic N) is 3. The zero-order valence-electron chi connectivity index (χ0n) is 8.25. The quantitative estimate of drug-likeness (QED) is 0.407. The van der Waals surface area contributed by atoms with Crippen molar-refractivity contribution in [3.8, 4) is 0 Å². The van der Waals surface area contributed by atoms with Gasteiger partial charge in [-0.05, 0) is 12.8 Å². The second-order valence-corrected chi connectivity index (χ2v) is 3.39. The lowest BCUT2D eigenvalue weighted by atomic mass is 10.4. The molecule has 3 N–H and O–H groups in total. The van der Waals surface area contributed by atoms with Crippen LogP contribution < -0.4 is 5.73 Å². The predicted molar refractivity (Wildman–Crippen MR) is 53.8 cm³/mol. The van der Waals surface area contributed by atoms with E-state index in [-0.39, 0.29) is 5.96 Å². The molecule has 5 heteroatoms. The van der Waals surface area contributed by atoms with Crippen molar-refractivity contribution in [3.63, 3.8) is 0 Å². The summed E-state index contributed by atoms with van der Waals surface area (Å²) in [6.07, 6.45) is 2.40. The van der Waals surface area contributed by atoms with E-state index in [1.165, 1.54) is 12.8 Å². The van der Waals surface area contributed by atoms with E-state index in [0.29, 0.717) is 0 Å². The van der Waals surface area contributed by atoms with Gasteiger partial charge in [0.2, 0.25) is 11.9 Å². The third-order valence-electron chi connectivity index (χ3n) is 2.01. The van der Waals surface area contributed by atoms with Gasteiger partial charge in [0.25, 0.3) is 0 Å². The Morgan fingerprint density at radius 2 is 1.92 bits per heavy atom. The fourth-order valence-corrected chi connectivity index (χ4v) is 1.48. The van der Waals surface area contributed by atoms with Crippen molar-refractivity contribution >= 4 is 11.9 Å². The molecule has 1 fully saturated rings. The van der Waals surface area contributed by atoms with Gasteiger partial charge >= 0.3 is 0 Å². The standard InChI is InChI=1S/C8H17N5/c1-12(2)8(11-7(9)10)13-5-3-4-6-13/h3-6H2,1-2H3,(H3,9,10). The molecule has 0 aromatic heterocycles. The Kier molecular flexibility index (Phi) is 3.11. The van der Waals surface area contributed by atoms with Crippen LogP contribution in [0.2, 0.25) is 0 Å². The molecule has 0 aromatic carbocycles. The van der Waals surface area contributed by atoms with Gasteiger partial charge in [-0.25, -0.2) is 0 Å². The van der Waals surface area contributed by atoms with E-state index >= 15 is 0 Å². The molecule has 0 saturated carbocycles. The molecule has 0 amide bonds. The summed E-state index contributed by atoms with van der Waals surface area (Å²) in [6, 6.07) is 0. The van der Waals surface area contributed by atoms with E-state index in [0.717, 1.165) is 19.0 Å². The Morgan fingerprint density at radius 1 is 1.38 bits per heavy atom. The summed E-state index contributed by atoms with van der Waals surface area (Å²) >= 11 is 0. The Labute approximate surface area is 78.7 Å². The minimum absolute atomic E-state index is 0.129. The SMILES string of the molecule is CN(C)C(=NC(=N)N)N1CCCC1. The van der Waals surface area contributed by atoms with Gasteiger partial charge in [-0.3, -0.25) is 5.41 Å². The number of rotatable bonds is 0. The van der Waals surface area contributed by atoms with Crippen molar-refractivity contribution in [1.29, 1.82) is 5.41 Å². The monoisotopic (exact) mass is 183 g/mol. The number of likely N-dealkylation sites (tertiary alicyclic amines) is 1. The lowest BCUT2D eigenvalue weighted by Crippen LogP contribution is -2.39. The van der Waals surface area contributed by atoms with Crippen LogP contribution in [0.4, 0.5) is 0 Å². The van der Waals surface area contributed by atoms with E-state index in [9.17, 15) is 0 Å². The van der Waals surface area contributed by atoms with Crippen LogP contribution in [0.15, 0.2) is 4.99 Å². The fraction of sp³-hybridized carbons (Fsp3) is 0.750. The van der Waals surface area contributed by atoms with E-state index < -0.39 is 0 Å². The largest absolute Gasteiger partial charge is 0.368 e. The van der Waals surface area contributed by atoms with Crippen molar-refractivity contribution in [2.45, 2.75) is 12.8 Å². The minimum atomic E-state index is -0.129. The van der Waals surface area contributed by atoms with Gasteiger partial charge in [-0.15, -0.1) is 0 Å². The summed E-state index contributed by atoms with van der Waals surface area (Å²) in [5, 5.41) is 7.12. The van der Waals surface area contributed by atoms with Crippen molar-refractivity contribution in [2.75, 3.05) is 27.2 Å². The molecule has 1 saturated heterocycles. The molecule has 0 aliphatic carbocycles. The molecule has 13 heavy (non-hydrogen) atoms. The van der Waals surface area contributed by atoms with Gasteiger partial charge in [-0.1, -0.05) is 0 Å². The topological polar surface area (TPSA) is 68.7 Å². The smallest absolute Gasteiger partial charge is 0.215 e. The van der Waals surface area contributed by atoms with E-state index in [1.54, 1.807) is 0 Å². The third-order valence-corrected chi connectivity index (χ3v) is 2.01. The van der Waals surface area contributed by atoms with E-state index in [1.807, 2.05) is 19.0 Å². The molecule has 1 rings (SSSR count). The first-order valence-electron chi connectivity index (χ1n) is 4.46. The lowest BCUT2D eigenvalue weighted by molar-refractivity contribution is 0.432. The summed E-state index contributed by atoms with van der Waals surface area (Å²) in [5.74, 6) is 0.667. The Balaban J connectivity index is 2.72. The lowest BCUT2D eigenvalue weighted by Gasteiger charge is -2.25. The molecule has 0 radical (unpaired) electrons.